The Morgan fingerprint density at radius 2 is 1.82 bits per heavy atom. The smallest absolute Gasteiger partial charge is 0.419 e. The summed E-state index contributed by atoms with van der Waals surface area (Å²) in [6.45, 7) is -0.255. The minimum Gasteiger partial charge on any atom is -0.493 e. The molecule has 0 unspecified atom stereocenters. The highest BCUT2D eigenvalue weighted by atomic mass is 19.4. The second-order valence-electron chi connectivity index (χ2n) is 7.93. The maximum absolute atomic E-state index is 13.5. The third-order valence-electron chi connectivity index (χ3n) is 5.57. The monoisotopic (exact) mass is 481 g/mol. The molecule has 1 aliphatic carbocycles. The van der Waals surface area contributed by atoms with Crippen LogP contribution in [0.4, 0.5) is 17.6 Å². The number of hydrogen-bond acceptors (Lipinski definition) is 4. The number of amides is 1. The lowest BCUT2D eigenvalue weighted by Gasteiger charge is -2.24. The lowest BCUT2D eigenvalue weighted by atomic mass is 9.98. The number of halogens is 4. The molecule has 1 saturated carbocycles. The van der Waals surface area contributed by atoms with E-state index in [9.17, 15) is 32.3 Å². The standard InChI is InChI=1S/C24H23F4NO5/c1-33-20-13-15(6-9-21(30)29-23(22(31)32)10-2-3-11-23)5-8-19(20)34-14-16-4-7-18(25)17(12-16)24(26,27)28/h4-9,12-13H,2-3,10-11,14H2,1H3,(H,29,30)(H,31,32)/b9-6+. The molecule has 0 heterocycles. The highest BCUT2D eigenvalue weighted by Crippen LogP contribution is 2.33. The summed E-state index contributed by atoms with van der Waals surface area (Å²) in [7, 11) is 1.37. The Bertz CT molecular complexity index is 1090. The number of ether oxygens (including phenoxy) is 2. The summed E-state index contributed by atoms with van der Waals surface area (Å²) in [6, 6.07) is 7.27. The predicted molar refractivity (Wildman–Crippen MR) is 115 cm³/mol. The average Bonchev–Trinajstić information content (AvgIpc) is 3.26. The third kappa shape index (κ3) is 5.86. The van der Waals surface area contributed by atoms with Crippen molar-refractivity contribution < 1.29 is 41.7 Å². The topological polar surface area (TPSA) is 84.9 Å². The van der Waals surface area contributed by atoms with Gasteiger partial charge < -0.3 is 19.9 Å². The zero-order valence-electron chi connectivity index (χ0n) is 18.2. The number of carboxylic acids is 1. The summed E-state index contributed by atoms with van der Waals surface area (Å²) in [6.07, 6.45) is 0.0759. The zero-order valence-corrected chi connectivity index (χ0v) is 18.2. The largest absolute Gasteiger partial charge is 0.493 e. The molecule has 2 aromatic carbocycles. The van der Waals surface area contributed by atoms with Crippen molar-refractivity contribution in [1.29, 1.82) is 0 Å². The molecule has 0 saturated heterocycles. The van der Waals surface area contributed by atoms with Crippen molar-refractivity contribution in [2.75, 3.05) is 7.11 Å². The van der Waals surface area contributed by atoms with Gasteiger partial charge >= 0.3 is 12.1 Å². The first-order valence-corrected chi connectivity index (χ1v) is 10.4. The first-order valence-electron chi connectivity index (χ1n) is 10.4. The van der Waals surface area contributed by atoms with E-state index in [0.29, 0.717) is 24.5 Å². The van der Waals surface area contributed by atoms with Gasteiger partial charge in [0.2, 0.25) is 5.91 Å². The SMILES string of the molecule is COc1cc(/C=C/C(=O)NC2(C(=O)O)CCCC2)ccc1OCc1ccc(F)c(C(F)(F)F)c1. The van der Waals surface area contributed by atoms with Crippen LogP contribution in [0.15, 0.2) is 42.5 Å². The van der Waals surface area contributed by atoms with Crippen LogP contribution >= 0.6 is 0 Å². The van der Waals surface area contributed by atoms with Crippen molar-refractivity contribution in [3.63, 3.8) is 0 Å². The number of rotatable bonds is 8. The minimum atomic E-state index is -4.82. The van der Waals surface area contributed by atoms with Crippen molar-refractivity contribution in [1.82, 2.24) is 5.32 Å². The molecule has 182 valence electrons. The zero-order chi connectivity index (χ0) is 24.9. The average molecular weight is 481 g/mol. The first kappa shape index (κ1) is 25.1. The van der Waals surface area contributed by atoms with E-state index in [-0.39, 0.29) is 23.7 Å². The van der Waals surface area contributed by atoms with Crippen molar-refractivity contribution >= 4 is 18.0 Å². The number of nitrogens with one attached hydrogen (secondary N) is 1. The number of hydrogen-bond donors (Lipinski definition) is 2. The molecular formula is C24H23F4NO5. The van der Waals surface area contributed by atoms with E-state index < -0.39 is 35.0 Å². The van der Waals surface area contributed by atoms with Crippen LogP contribution in [0.1, 0.15) is 42.4 Å². The summed E-state index contributed by atoms with van der Waals surface area (Å²) in [5.74, 6) is -2.47. The number of alkyl halides is 3. The maximum atomic E-state index is 13.5. The summed E-state index contributed by atoms with van der Waals surface area (Å²) >= 11 is 0. The molecule has 0 atom stereocenters. The molecule has 0 aromatic heterocycles. The van der Waals surface area contributed by atoms with Crippen LogP contribution in [0, 0.1) is 5.82 Å². The van der Waals surface area contributed by atoms with Gasteiger partial charge in [-0.25, -0.2) is 9.18 Å². The van der Waals surface area contributed by atoms with E-state index in [0.717, 1.165) is 18.9 Å². The summed E-state index contributed by atoms with van der Waals surface area (Å²) < 4.78 is 62.9. The second kappa shape index (κ2) is 10.1. The van der Waals surface area contributed by atoms with Gasteiger partial charge in [-0.2, -0.15) is 13.2 Å². The van der Waals surface area contributed by atoms with Gasteiger partial charge in [-0.1, -0.05) is 25.0 Å². The number of aliphatic carboxylic acids is 1. The molecule has 1 aliphatic rings. The van der Waals surface area contributed by atoms with Crippen molar-refractivity contribution in [3.8, 4) is 11.5 Å². The van der Waals surface area contributed by atoms with Gasteiger partial charge in [-0.15, -0.1) is 0 Å². The Balaban J connectivity index is 1.68. The molecule has 2 N–H and O–H groups in total. The summed E-state index contributed by atoms with van der Waals surface area (Å²) in [5.41, 5.74) is -1.95. The molecule has 0 spiro atoms. The van der Waals surface area contributed by atoms with Crippen LogP contribution in [-0.2, 0) is 22.4 Å². The predicted octanol–water partition coefficient (Wildman–Crippen LogP) is 4.96. The minimum absolute atomic E-state index is 0.121. The number of methoxy groups -OCH3 is 1. The van der Waals surface area contributed by atoms with Gasteiger partial charge in [-0.3, -0.25) is 4.79 Å². The molecule has 2 aromatic rings. The van der Waals surface area contributed by atoms with Gasteiger partial charge in [0.1, 0.15) is 18.0 Å². The molecule has 34 heavy (non-hydrogen) atoms. The van der Waals surface area contributed by atoms with Crippen LogP contribution in [0.2, 0.25) is 0 Å². The molecule has 1 amide bonds. The summed E-state index contributed by atoms with van der Waals surface area (Å²) in [5, 5.41) is 12.0. The van der Waals surface area contributed by atoms with E-state index in [1.807, 2.05) is 0 Å². The van der Waals surface area contributed by atoms with Crippen LogP contribution in [0.3, 0.4) is 0 Å². The highest BCUT2D eigenvalue weighted by molar-refractivity contribution is 5.96. The Kier molecular flexibility index (Phi) is 7.48. The van der Waals surface area contributed by atoms with Gasteiger partial charge in [-0.05, 0) is 54.3 Å². The maximum Gasteiger partial charge on any atom is 0.419 e. The summed E-state index contributed by atoms with van der Waals surface area (Å²) in [4.78, 5) is 23.8. The fourth-order valence-electron chi connectivity index (χ4n) is 3.77. The van der Waals surface area contributed by atoms with E-state index >= 15 is 0 Å². The number of carbonyl (C=O) groups is 2. The van der Waals surface area contributed by atoms with Crippen LogP contribution < -0.4 is 14.8 Å². The van der Waals surface area contributed by atoms with Gasteiger partial charge in [0, 0.05) is 6.08 Å². The van der Waals surface area contributed by atoms with Crippen molar-refractivity contribution in [3.05, 3.63) is 65.0 Å². The number of carboxylic acid groups (broad SMARTS) is 1. The number of carbonyl (C=O) groups excluding carboxylic acids is 1. The molecule has 6 nitrogen and oxygen atoms in total. The molecular weight excluding hydrogens is 458 g/mol. The molecule has 10 heteroatoms. The Hall–Kier alpha value is -3.56. The van der Waals surface area contributed by atoms with E-state index in [4.69, 9.17) is 9.47 Å². The van der Waals surface area contributed by atoms with Gasteiger partial charge in [0.05, 0.1) is 12.7 Å². The fraction of sp³-hybridized carbons (Fsp3) is 0.333. The Morgan fingerprint density at radius 1 is 1.12 bits per heavy atom. The van der Waals surface area contributed by atoms with E-state index in [1.165, 1.54) is 31.4 Å². The van der Waals surface area contributed by atoms with Crippen molar-refractivity contribution in [2.24, 2.45) is 0 Å². The molecule has 0 aliphatic heterocycles. The Morgan fingerprint density at radius 3 is 2.44 bits per heavy atom. The quantitative estimate of drug-likeness (QED) is 0.411. The highest BCUT2D eigenvalue weighted by Gasteiger charge is 2.42. The van der Waals surface area contributed by atoms with E-state index in [2.05, 4.69) is 5.32 Å². The Labute approximate surface area is 193 Å². The lowest BCUT2D eigenvalue weighted by Crippen LogP contribution is -2.52. The number of benzene rings is 2. The van der Waals surface area contributed by atoms with Crippen LogP contribution in [0.25, 0.3) is 6.08 Å². The van der Waals surface area contributed by atoms with Crippen LogP contribution in [0.5, 0.6) is 11.5 Å². The van der Waals surface area contributed by atoms with Crippen LogP contribution in [-0.4, -0.2) is 29.6 Å². The molecule has 3 rings (SSSR count). The van der Waals surface area contributed by atoms with Gasteiger partial charge in [0.15, 0.2) is 11.5 Å². The van der Waals surface area contributed by atoms with Gasteiger partial charge in [0.25, 0.3) is 0 Å². The molecule has 0 bridgehead atoms. The third-order valence-corrected chi connectivity index (χ3v) is 5.57. The molecule has 1 fully saturated rings. The van der Waals surface area contributed by atoms with Crippen molar-refractivity contribution in [2.45, 2.75) is 44.0 Å². The fourth-order valence-corrected chi connectivity index (χ4v) is 3.77. The normalized spacial score (nSPS) is 15.3. The lowest BCUT2D eigenvalue weighted by molar-refractivity contribution is -0.146. The van der Waals surface area contributed by atoms with E-state index in [1.54, 1.807) is 12.1 Å². The second-order valence-corrected chi connectivity index (χ2v) is 7.93. The molecule has 0 radical (unpaired) electrons. The first-order chi connectivity index (χ1) is 16.0.